The Morgan fingerprint density at radius 2 is 1.69 bits per heavy atom. The Hall–Kier alpha value is -0.960. The van der Waals surface area contributed by atoms with Gasteiger partial charge in [0.05, 0.1) is 14.2 Å². The highest BCUT2D eigenvalue weighted by Crippen LogP contribution is 2.11. The molecule has 0 aliphatic rings. The molecule has 3 heteroatoms. The number of rotatable bonds is 6. The van der Waals surface area contributed by atoms with Crippen molar-refractivity contribution in [3.05, 3.63) is 23.7 Å². The molecule has 0 rings (SSSR count). The molecular weight excluding hydrogens is 168 g/mol. The van der Waals surface area contributed by atoms with E-state index in [-0.39, 0.29) is 0 Å². The van der Waals surface area contributed by atoms with E-state index in [1.54, 1.807) is 21.3 Å². The lowest BCUT2D eigenvalue weighted by Gasteiger charge is -2.10. The Labute approximate surface area is 80.0 Å². The fraction of sp³-hybridized carbons (Fsp3) is 0.600. The van der Waals surface area contributed by atoms with Gasteiger partial charge in [0, 0.05) is 13.5 Å². The smallest absolute Gasteiger partial charge is 0.159 e. The summed E-state index contributed by atoms with van der Waals surface area (Å²) >= 11 is 0. The van der Waals surface area contributed by atoms with Crippen LogP contribution in [0.2, 0.25) is 0 Å². The Balaban J connectivity index is 4.40. The van der Waals surface area contributed by atoms with Gasteiger partial charge >= 0.3 is 0 Å². The first-order valence-corrected chi connectivity index (χ1v) is 4.20. The summed E-state index contributed by atoms with van der Waals surface area (Å²) in [6, 6.07) is 0. The summed E-state index contributed by atoms with van der Waals surface area (Å²) in [6.07, 6.45) is 4.71. The van der Waals surface area contributed by atoms with Gasteiger partial charge in [-0.3, -0.25) is 0 Å². The average molecular weight is 186 g/mol. The second-order valence-corrected chi connectivity index (χ2v) is 2.46. The van der Waals surface area contributed by atoms with Crippen LogP contribution in [0.4, 0.5) is 0 Å². The maximum absolute atomic E-state index is 5.18. The highest BCUT2D eigenvalue weighted by atomic mass is 16.5. The molecule has 76 valence electrons. The maximum Gasteiger partial charge on any atom is 0.159 e. The molecule has 0 bridgehead atoms. The van der Waals surface area contributed by atoms with Crippen LogP contribution in [0.1, 0.15) is 13.3 Å². The molecule has 0 radical (unpaired) electrons. The third-order valence-corrected chi connectivity index (χ3v) is 1.62. The van der Waals surface area contributed by atoms with Gasteiger partial charge in [0.1, 0.15) is 12.4 Å². The van der Waals surface area contributed by atoms with Gasteiger partial charge < -0.3 is 14.2 Å². The molecule has 0 aliphatic heterocycles. The standard InChI is InChI=1S/C10H18O3/c1-5-6-7-9(12-3)10(13-4)8-11-2/h5-6H,7-8H2,1-4H3/b6-5-,10-9-. The van der Waals surface area contributed by atoms with E-state index >= 15 is 0 Å². The molecule has 0 saturated carbocycles. The normalized spacial score (nSPS) is 12.9. The van der Waals surface area contributed by atoms with Gasteiger partial charge in [-0.2, -0.15) is 0 Å². The van der Waals surface area contributed by atoms with Gasteiger partial charge in [-0.25, -0.2) is 0 Å². The second kappa shape index (κ2) is 7.68. The summed E-state index contributed by atoms with van der Waals surface area (Å²) in [5, 5.41) is 0. The molecule has 0 aromatic carbocycles. The highest BCUT2D eigenvalue weighted by Gasteiger charge is 2.05. The maximum atomic E-state index is 5.18. The van der Waals surface area contributed by atoms with Crippen LogP contribution in [0.3, 0.4) is 0 Å². The molecule has 0 aromatic heterocycles. The van der Waals surface area contributed by atoms with Crippen LogP contribution in [-0.2, 0) is 14.2 Å². The van der Waals surface area contributed by atoms with E-state index in [0.29, 0.717) is 6.61 Å². The van der Waals surface area contributed by atoms with Crippen LogP contribution in [0, 0.1) is 0 Å². The third-order valence-electron chi connectivity index (χ3n) is 1.62. The van der Waals surface area contributed by atoms with Gasteiger partial charge in [-0.1, -0.05) is 12.2 Å². The van der Waals surface area contributed by atoms with Crippen LogP contribution in [-0.4, -0.2) is 27.9 Å². The summed E-state index contributed by atoms with van der Waals surface area (Å²) < 4.78 is 15.3. The van der Waals surface area contributed by atoms with E-state index in [1.165, 1.54) is 0 Å². The number of methoxy groups -OCH3 is 3. The van der Waals surface area contributed by atoms with Gasteiger partial charge in [0.15, 0.2) is 5.76 Å². The monoisotopic (exact) mass is 186 g/mol. The first-order chi connectivity index (χ1) is 6.29. The summed E-state index contributed by atoms with van der Waals surface area (Å²) in [7, 11) is 4.87. The van der Waals surface area contributed by atoms with Crippen molar-refractivity contribution in [1.82, 2.24) is 0 Å². The summed E-state index contributed by atoms with van der Waals surface area (Å²) in [5.74, 6) is 1.55. The molecule has 3 nitrogen and oxygen atoms in total. The Morgan fingerprint density at radius 1 is 1.08 bits per heavy atom. The predicted molar refractivity (Wildman–Crippen MR) is 52.4 cm³/mol. The summed E-state index contributed by atoms with van der Waals surface area (Å²) in [6.45, 7) is 2.41. The second-order valence-electron chi connectivity index (χ2n) is 2.46. The molecule has 0 saturated heterocycles. The van der Waals surface area contributed by atoms with Crippen molar-refractivity contribution in [3.63, 3.8) is 0 Å². The molecular formula is C10H18O3. The molecule has 0 aromatic rings. The van der Waals surface area contributed by atoms with Gasteiger partial charge in [0.2, 0.25) is 0 Å². The van der Waals surface area contributed by atoms with Crippen LogP contribution in [0.15, 0.2) is 23.7 Å². The van der Waals surface area contributed by atoms with Gasteiger partial charge in [-0.05, 0) is 6.92 Å². The van der Waals surface area contributed by atoms with E-state index in [2.05, 4.69) is 0 Å². The molecule has 0 heterocycles. The van der Waals surface area contributed by atoms with Crippen molar-refractivity contribution >= 4 is 0 Å². The zero-order valence-corrected chi connectivity index (χ0v) is 8.79. The van der Waals surface area contributed by atoms with Crippen molar-refractivity contribution in [1.29, 1.82) is 0 Å². The van der Waals surface area contributed by atoms with E-state index < -0.39 is 0 Å². The lowest BCUT2D eigenvalue weighted by atomic mass is 10.3. The number of hydrogen-bond donors (Lipinski definition) is 0. The van der Waals surface area contributed by atoms with E-state index in [9.17, 15) is 0 Å². The minimum Gasteiger partial charge on any atom is -0.497 e. The lowest BCUT2D eigenvalue weighted by Crippen LogP contribution is -2.03. The molecule has 0 spiro atoms. The lowest BCUT2D eigenvalue weighted by molar-refractivity contribution is 0.136. The van der Waals surface area contributed by atoms with Crippen LogP contribution >= 0.6 is 0 Å². The first kappa shape index (κ1) is 12.0. The SMILES string of the molecule is C/C=C\C/C(OC)=C(\COC)OC. The van der Waals surface area contributed by atoms with Crippen LogP contribution in [0.25, 0.3) is 0 Å². The summed E-state index contributed by atoms with van der Waals surface area (Å²) in [5.41, 5.74) is 0. The van der Waals surface area contributed by atoms with Gasteiger partial charge in [-0.15, -0.1) is 0 Å². The van der Waals surface area contributed by atoms with Crippen molar-refractivity contribution in [2.24, 2.45) is 0 Å². The van der Waals surface area contributed by atoms with Gasteiger partial charge in [0.25, 0.3) is 0 Å². The Kier molecular flexibility index (Phi) is 7.11. The number of allylic oxidation sites excluding steroid dienone is 2. The molecule has 13 heavy (non-hydrogen) atoms. The van der Waals surface area contributed by atoms with Crippen molar-refractivity contribution < 1.29 is 14.2 Å². The zero-order valence-electron chi connectivity index (χ0n) is 8.79. The van der Waals surface area contributed by atoms with Crippen LogP contribution in [0.5, 0.6) is 0 Å². The molecule has 0 unspecified atom stereocenters. The van der Waals surface area contributed by atoms with E-state index in [4.69, 9.17) is 14.2 Å². The van der Waals surface area contributed by atoms with Crippen LogP contribution < -0.4 is 0 Å². The fourth-order valence-corrected chi connectivity index (χ4v) is 0.920. The number of ether oxygens (including phenoxy) is 3. The Bertz CT molecular complexity index is 183. The average Bonchev–Trinajstić information content (AvgIpc) is 2.17. The quantitative estimate of drug-likeness (QED) is 0.469. The predicted octanol–water partition coefficient (Wildman–Crippen LogP) is 2.10. The third kappa shape index (κ3) is 4.58. The zero-order chi connectivity index (χ0) is 10.1. The minimum atomic E-state index is 0.442. The molecule has 0 N–H and O–H groups in total. The largest absolute Gasteiger partial charge is 0.497 e. The van der Waals surface area contributed by atoms with Crippen molar-refractivity contribution in [3.8, 4) is 0 Å². The minimum absolute atomic E-state index is 0.442. The first-order valence-electron chi connectivity index (χ1n) is 4.20. The highest BCUT2D eigenvalue weighted by molar-refractivity contribution is 5.06. The van der Waals surface area contributed by atoms with Crippen molar-refractivity contribution in [2.45, 2.75) is 13.3 Å². The fourth-order valence-electron chi connectivity index (χ4n) is 0.920. The molecule has 0 atom stereocenters. The molecule has 0 aliphatic carbocycles. The van der Waals surface area contributed by atoms with Crippen molar-refractivity contribution in [2.75, 3.05) is 27.9 Å². The van der Waals surface area contributed by atoms with E-state index in [1.807, 2.05) is 19.1 Å². The summed E-state index contributed by atoms with van der Waals surface area (Å²) in [4.78, 5) is 0. The van der Waals surface area contributed by atoms with E-state index in [0.717, 1.165) is 17.9 Å². The number of hydrogen-bond acceptors (Lipinski definition) is 3. The topological polar surface area (TPSA) is 27.7 Å². The Morgan fingerprint density at radius 3 is 2.08 bits per heavy atom. The molecule has 0 amide bonds. The molecule has 0 fully saturated rings.